The van der Waals surface area contributed by atoms with Gasteiger partial charge < -0.3 is 0 Å². The van der Waals surface area contributed by atoms with Crippen LogP contribution in [0.25, 0.3) is 0 Å². The van der Waals surface area contributed by atoms with Crippen molar-refractivity contribution in [2.45, 2.75) is 43.7 Å². The third-order valence-electron chi connectivity index (χ3n) is 3.89. The summed E-state index contributed by atoms with van der Waals surface area (Å²) in [4.78, 5) is 0. The van der Waals surface area contributed by atoms with E-state index in [1.807, 2.05) is 0 Å². The Morgan fingerprint density at radius 2 is 2.00 bits per heavy atom. The van der Waals surface area contributed by atoms with Gasteiger partial charge in [-0.2, -0.15) is 23.5 Å². The number of nitrogens with two attached hydrogens (primary N) is 1. The summed E-state index contributed by atoms with van der Waals surface area (Å²) in [6.45, 7) is 6.61. The largest absolute Gasteiger partial charge is 0.271 e. The molecule has 0 radical (unpaired) electrons. The smallest absolute Gasteiger partial charge is 0.0589 e. The summed E-state index contributed by atoms with van der Waals surface area (Å²) in [5.41, 5.74) is 7.08. The first-order valence-electron chi connectivity index (χ1n) is 6.93. The van der Waals surface area contributed by atoms with Crippen molar-refractivity contribution in [3.63, 3.8) is 0 Å². The Hall–Kier alpha value is -0.160. The summed E-state index contributed by atoms with van der Waals surface area (Å²) in [5.74, 6) is 8.37. The molecule has 1 fully saturated rings. The minimum absolute atomic E-state index is 0.252. The molecule has 1 aromatic rings. The van der Waals surface area contributed by atoms with Gasteiger partial charge in [0.15, 0.2) is 0 Å². The minimum Gasteiger partial charge on any atom is -0.271 e. The molecule has 2 nitrogen and oxygen atoms in total. The molecule has 19 heavy (non-hydrogen) atoms. The van der Waals surface area contributed by atoms with Crippen LogP contribution in [0.2, 0.25) is 0 Å². The topological polar surface area (TPSA) is 38.0 Å². The second-order valence-corrected chi connectivity index (χ2v) is 7.77. The summed E-state index contributed by atoms with van der Waals surface area (Å²) in [5, 5.41) is 1.26. The zero-order valence-corrected chi connectivity index (χ0v) is 13.6. The van der Waals surface area contributed by atoms with E-state index in [0.29, 0.717) is 10.5 Å². The first-order chi connectivity index (χ1) is 9.17. The predicted octanol–water partition coefficient (Wildman–Crippen LogP) is 3.44. The van der Waals surface area contributed by atoms with Gasteiger partial charge in [0.2, 0.25) is 0 Å². The third kappa shape index (κ3) is 3.48. The Bertz CT molecular complexity index is 423. The zero-order chi connectivity index (χ0) is 13.8. The van der Waals surface area contributed by atoms with Gasteiger partial charge in [0, 0.05) is 22.0 Å². The van der Waals surface area contributed by atoms with Crippen molar-refractivity contribution < 1.29 is 0 Å². The Balaban J connectivity index is 2.24. The summed E-state index contributed by atoms with van der Waals surface area (Å²) >= 11 is 4.17. The van der Waals surface area contributed by atoms with Gasteiger partial charge in [0.1, 0.15) is 0 Å². The highest BCUT2D eigenvalue weighted by Crippen LogP contribution is 2.40. The molecule has 0 amide bonds. The molecule has 3 unspecified atom stereocenters. The number of hydrogen-bond acceptors (Lipinski definition) is 4. The third-order valence-corrected chi connectivity index (χ3v) is 7.24. The van der Waals surface area contributed by atoms with Gasteiger partial charge in [0.25, 0.3) is 0 Å². The van der Waals surface area contributed by atoms with Crippen LogP contribution in [0.1, 0.15) is 36.1 Å². The number of hydrazine groups is 1. The highest BCUT2D eigenvalue weighted by molar-refractivity contribution is 8.07. The van der Waals surface area contributed by atoms with E-state index in [1.165, 1.54) is 34.6 Å². The molecule has 106 valence electrons. The molecule has 2 rings (SSSR count). The Morgan fingerprint density at radius 1 is 1.26 bits per heavy atom. The van der Waals surface area contributed by atoms with Gasteiger partial charge in [-0.3, -0.25) is 11.3 Å². The van der Waals surface area contributed by atoms with Crippen molar-refractivity contribution in [3.8, 4) is 0 Å². The van der Waals surface area contributed by atoms with Crippen LogP contribution in [-0.4, -0.2) is 22.0 Å². The molecule has 1 heterocycles. The molecular formula is C15H24N2S2. The fourth-order valence-electron chi connectivity index (χ4n) is 2.59. The minimum atomic E-state index is 0.252. The van der Waals surface area contributed by atoms with E-state index in [1.54, 1.807) is 0 Å². The molecule has 3 atom stereocenters. The van der Waals surface area contributed by atoms with Gasteiger partial charge in [-0.25, -0.2) is 0 Å². The quantitative estimate of drug-likeness (QED) is 0.659. The maximum absolute atomic E-state index is 5.87. The van der Waals surface area contributed by atoms with Gasteiger partial charge >= 0.3 is 0 Å². The van der Waals surface area contributed by atoms with Crippen molar-refractivity contribution in [2.75, 3.05) is 11.5 Å². The van der Waals surface area contributed by atoms with Gasteiger partial charge in [-0.1, -0.05) is 25.1 Å². The summed E-state index contributed by atoms with van der Waals surface area (Å²) in [7, 11) is 0. The van der Waals surface area contributed by atoms with Crippen LogP contribution < -0.4 is 11.3 Å². The number of thioether (sulfide) groups is 2. The highest BCUT2D eigenvalue weighted by atomic mass is 32.2. The lowest BCUT2D eigenvalue weighted by Crippen LogP contribution is -2.41. The zero-order valence-electron chi connectivity index (χ0n) is 12.0. The predicted molar refractivity (Wildman–Crippen MR) is 88.8 cm³/mol. The van der Waals surface area contributed by atoms with E-state index in [9.17, 15) is 0 Å². The van der Waals surface area contributed by atoms with Crippen molar-refractivity contribution in [3.05, 3.63) is 34.9 Å². The average Bonchev–Trinajstić information content (AvgIpc) is 2.44. The first-order valence-corrected chi connectivity index (χ1v) is 9.03. The van der Waals surface area contributed by atoms with E-state index in [4.69, 9.17) is 5.84 Å². The first kappa shape index (κ1) is 15.2. The summed E-state index contributed by atoms with van der Waals surface area (Å²) in [6, 6.07) is 6.96. The maximum atomic E-state index is 5.87. The average molecular weight is 297 g/mol. The molecule has 1 saturated heterocycles. The fraction of sp³-hybridized carbons (Fsp3) is 0.600. The van der Waals surface area contributed by atoms with Crippen LogP contribution in [0.5, 0.6) is 0 Å². The van der Waals surface area contributed by atoms with E-state index >= 15 is 0 Å². The Labute approximate surface area is 125 Å². The van der Waals surface area contributed by atoms with Gasteiger partial charge in [0.05, 0.1) is 6.04 Å². The second kappa shape index (κ2) is 7.02. The van der Waals surface area contributed by atoms with Crippen LogP contribution in [-0.2, 0) is 0 Å². The lowest BCUT2D eigenvalue weighted by molar-refractivity contribution is 0.513. The molecule has 1 aromatic carbocycles. The number of benzene rings is 1. The highest BCUT2D eigenvalue weighted by Gasteiger charge is 2.32. The molecule has 0 saturated carbocycles. The summed E-state index contributed by atoms with van der Waals surface area (Å²) < 4.78 is 0. The lowest BCUT2D eigenvalue weighted by Gasteiger charge is -2.36. The van der Waals surface area contributed by atoms with Crippen molar-refractivity contribution in [1.82, 2.24) is 5.43 Å². The molecule has 0 spiro atoms. The molecule has 4 heteroatoms. The number of aryl methyl sites for hydroxylation is 2. The van der Waals surface area contributed by atoms with E-state index in [0.717, 1.165) is 0 Å². The molecular weight excluding hydrogens is 272 g/mol. The molecule has 1 aliphatic heterocycles. The Kier molecular flexibility index (Phi) is 5.63. The molecule has 0 aliphatic carbocycles. The van der Waals surface area contributed by atoms with E-state index in [-0.39, 0.29) is 6.04 Å². The SMILES string of the molecule is CCC1SCCSC1C(NN)c1ccc(C)c(C)c1. The van der Waals surface area contributed by atoms with Crippen LogP contribution >= 0.6 is 23.5 Å². The molecule has 3 N–H and O–H groups in total. The molecule has 0 bridgehead atoms. The van der Waals surface area contributed by atoms with Gasteiger partial charge in [-0.15, -0.1) is 0 Å². The summed E-state index contributed by atoms with van der Waals surface area (Å²) in [6.07, 6.45) is 1.21. The standard InChI is InChI=1S/C15H24N2S2/c1-4-13-15(19-8-7-18-13)14(17-16)12-6-5-10(2)11(3)9-12/h5-6,9,13-15,17H,4,7-8,16H2,1-3H3. The normalized spacial score (nSPS) is 25.3. The number of hydrogen-bond donors (Lipinski definition) is 2. The fourth-order valence-corrected chi connectivity index (χ4v) is 5.82. The van der Waals surface area contributed by atoms with Crippen LogP contribution in [0.15, 0.2) is 18.2 Å². The van der Waals surface area contributed by atoms with Crippen molar-refractivity contribution >= 4 is 23.5 Å². The van der Waals surface area contributed by atoms with Crippen molar-refractivity contribution in [2.24, 2.45) is 5.84 Å². The van der Waals surface area contributed by atoms with Crippen LogP contribution in [0, 0.1) is 13.8 Å². The van der Waals surface area contributed by atoms with Crippen LogP contribution in [0.3, 0.4) is 0 Å². The molecule has 1 aliphatic rings. The van der Waals surface area contributed by atoms with Crippen LogP contribution in [0.4, 0.5) is 0 Å². The molecule has 0 aromatic heterocycles. The van der Waals surface area contributed by atoms with Crippen molar-refractivity contribution in [1.29, 1.82) is 0 Å². The number of rotatable bonds is 4. The lowest BCUT2D eigenvalue weighted by atomic mass is 9.97. The van der Waals surface area contributed by atoms with E-state index in [2.05, 4.69) is 67.9 Å². The Morgan fingerprint density at radius 3 is 2.63 bits per heavy atom. The van der Waals surface area contributed by atoms with E-state index < -0.39 is 0 Å². The van der Waals surface area contributed by atoms with Gasteiger partial charge in [-0.05, 0) is 37.0 Å². The number of nitrogens with one attached hydrogen (secondary N) is 1. The second-order valence-electron chi connectivity index (χ2n) is 5.14. The monoisotopic (exact) mass is 296 g/mol. The maximum Gasteiger partial charge on any atom is 0.0589 e.